The highest BCUT2D eigenvalue weighted by molar-refractivity contribution is 5.44. The summed E-state index contributed by atoms with van der Waals surface area (Å²) in [5.74, 6) is 0.687. The molecule has 0 amide bonds. The Morgan fingerprint density at radius 2 is 1.77 bits per heavy atom. The molecule has 1 aliphatic carbocycles. The van der Waals surface area contributed by atoms with Crippen LogP contribution in [0.1, 0.15) is 48.4 Å². The quantitative estimate of drug-likeness (QED) is 0.610. The van der Waals surface area contributed by atoms with Crippen molar-refractivity contribution >= 4 is 0 Å². The first-order valence-corrected chi connectivity index (χ1v) is 5.31. The maximum Gasteiger partial charge on any atom is -0.0216 e. The Labute approximate surface area is 81.0 Å². The van der Waals surface area contributed by atoms with E-state index in [0.29, 0.717) is 5.92 Å². The predicted octanol–water partition coefficient (Wildman–Crippen LogP) is 3.61. The van der Waals surface area contributed by atoms with Crippen LogP contribution < -0.4 is 0 Å². The summed E-state index contributed by atoms with van der Waals surface area (Å²) in [6, 6.07) is 4.61. The number of benzene rings is 1. The van der Waals surface area contributed by atoms with Crippen molar-refractivity contribution in [3.05, 3.63) is 34.4 Å². The Hall–Kier alpha value is -0.780. The normalized spacial score (nSPS) is 15.1. The van der Waals surface area contributed by atoms with E-state index in [1.165, 1.54) is 24.8 Å². The van der Waals surface area contributed by atoms with Crippen LogP contribution in [0.4, 0.5) is 0 Å². The average Bonchev–Trinajstić information content (AvgIpc) is 2.53. The molecule has 0 atom stereocenters. The number of hydrogen-bond donors (Lipinski definition) is 0. The first-order chi connectivity index (χ1) is 6.20. The van der Waals surface area contributed by atoms with Crippen LogP contribution >= 0.6 is 0 Å². The molecule has 70 valence electrons. The number of aryl methyl sites for hydroxylation is 1. The van der Waals surface area contributed by atoms with E-state index in [1.807, 2.05) is 0 Å². The number of hydrogen-bond acceptors (Lipinski definition) is 0. The second-order valence-electron chi connectivity index (χ2n) is 4.44. The van der Waals surface area contributed by atoms with Crippen molar-refractivity contribution in [1.29, 1.82) is 0 Å². The molecule has 0 saturated carbocycles. The molecule has 0 fully saturated rings. The van der Waals surface area contributed by atoms with Crippen LogP contribution in [-0.2, 0) is 12.8 Å². The van der Waals surface area contributed by atoms with E-state index in [4.69, 9.17) is 0 Å². The molecule has 0 nitrogen and oxygen atoms in total. The van der Waals surface area contributed by atoms with Crippen molar-refractivity contribution in [3.63, 3.8) is 0 Å². The van der Waals surface area contributed by atoms with Gasteiger partial charge in [0.25, 0.3) is 0 Å². The molecule has 0 saturated heterocycles. The van der Waals surface area contributed by atoms with E-state index in [2.05, 4.69) is 32.9 Å². The minimum absolute atomic E-state index is 0.687. The molecule has 0 radical (unpaired) electrons. The van der Waals surface area contributed by atoms with Crippen molar-refractivity contribution in [2.75, 3.05) is 0 Å². The third kappa shape index (κ3) is 1.39. The van der Waals surface area contributed by atoms with E-state index in [0.717, 1.165) is 0 Å². The average molecular weight is 174 g/mol. The van der Waals surface area contributed by atoms with Crippen LogP contribution in [0, 0.1) is 6.92 Å². The molecule has 1 aromatic rings. The molecule has 1 aromatic carbocycles. The van der Waals surface area contributed by atoms with E-state index in [1.54, 1.807) is 16.7 Å². The molecule has 13 heavy (non-hydrogen) atoms. The summed E-state index contributed by atoms with van der Waals surface area (Å²) in [6.07, 6.45) is 3.98. The fourth-order valence-electron chi connectivity index (χ4n) is 2.45. The zero-order chi connectivity index (χ0) is 9.42. The van der Waals surface area contributed by atoms with Crippen molar-refractivity contribution in [2.45, 2.75) is 46.0 Å². The van der Waals surface area contributed by atoms with Gasteiger partial charge in [-0.05, 0) is 54.4 Å². The maximum absolute atomic E-state index is 2.32. The fourth-order valence-corrected chi connectivity index (χ4v) is 2.45. The molecule has 2 rings (SSSR count). The second kappa shape index (κ2) is 3.17. The molecule has 0 unspecified atom stereocenters. The van der Waals surface area contributed by atoms with Crippen molar-refractivity contribution in [1.82, 2.24) is 0 Å². The summed E-state index contributed by atoms with van der Waals surface area (Å²) in [5.41, 5.74) is 6.39. The first-order valence-electron chi connectivity index (χ1n) is 5.31. The smallest absolute Gasteiger partial charge is 0.0216 e. The van der Waals surface area contributed by atoms with Gasteiger partial charge in [0.2, 0.25) is 0 Å². The molecular formula is C13H18. The lowest BCUT2D eigenvalue weighted by molar-refractivity contribution is 0.838. The van der Waals surface area contributed by atoms with Crippen LogP contribution in [0.5, 0.6) is 0 Å². The Morgan fingerprint density at radius 1 is 1.08 bits per heavy atom. The summed E-state index contributed by atoms with van der Waals surface area (Å²) < 4.78 is 0. The van der Waals surface area contributed by atoms with Gasteiger partial charge in [-0.3, -0.25) is 0 Å². The Kier molecular flexibility index (Phi) is 2.15. The fraction of sp³-hybridized carbons (Fsp3) is 0.538. The Bertz CT molecular complexity index is 321. The SMILES string of the molecule is Cc1ccc(C(C)C)c2c1CCC2. The Balaban J connectivity index is 2.56. The Morgan fingerprint density at radius 3 is 2.46 bits per heavy atom. The summed E-state index contributed by atoms with van der Waals surface area (Å²) >= 11 is 0. The summed E-state index contributed by atoms with van der Waals surface area (Å²) in [5, 5.41) is 0. The number of rotatable bonds is 1. The molecule has 0 heterocycles. The molecule has 0 aromatic heterocycles. The molecule has 0 aliphatic heterocycles. The molecular weight excluding hydrogens is 156 g/mol. The second-order valence-corrected chi connectivity index (χ2v) is 4.44. The maximum atomic E-state index is 2.32. The zero-order valence-corrected chi connectivity index (χ0v) is 8.85. The van der Waals surface area contributed by atoms with Gasteiger partial charge in [0.1, 0.15) is 0 Å². The third-order valence-corrected chi connectivity index (χ3v) is 3.18. The lowest BCUT2D eigenvalue weighted by atomic mass is 9.92. The van der Waals surface area contributed by atoms with Crippen LogP contribution in [0.25, 0.3) is 0 Å². The van der Waals surface area contributed by atoms with Gasteiger partial charge < -0.3 is 0 Å². The van der Waals surface area contributed by atoms with Crippen molar-refractivity contribution < 1.29 is 0 Å². The van der Waals surface area contributed by atoms with Gasteiger partial charge in [0.05, 0.1) is 0 Å². The van der Waals surface area contributed by atoms with Gasteiger partial charge in [-0.25, -0.2) is 0 Å². The van der Waals surface area contributed by atoms with E-state index in [9.17, 15) is 0 Å². The zero-order valence-electron chi connectivity index (χ0n) is 8.85. The van der Waals surface area contributed by atoms with Crippen LogP contribution in [0.15, 0.2) is 12.1 Å². The minimum atomic E-state index is 0.687. The van der Waals surface area contributed by atoms with Gasteiger partial charge in [-0.2, -0.15) is 0 Å². The summed E-state index contributed by atoms with van der Waals surface area (Å²) in [4.78, 5) is 0. The van der Waals surface area contributed by atoms with Gasteiger partial charge in [-0.1, -0.05) is 26.0 Å². The summed E-state index contributed by atoms with van der Waals surface area (Å²) in [6.45, 7) is 6.83. The van der Waals surface area contributed by atoms with E-state index in [-0.39, 0.29) is 0 Å². The molecule has 0 spiro atoms. The van der Waals surface area contributed by atoms with Gasteiger partial charge in [0, 0.05) is 0 Å². The van der Waals surface area contributed by atoms with Gasteiger partial charge in [-0.15, -0.1) is 0 Å². The molecule has 0 heteroatoms. The minimum Gasteiger partial charge on any atom is -0.0587 e. The molecule has 1 aliphatic rings. The van der Waals surface area contributed by atoms with Gasteiger partial charge >= 0.3 is 0 Å². The largest absolute Gasteiger partial charge is 0.0587 e. The molecule has 0 N–H and O–H groups in total. The van der Waals surface area contributed by atoms with Crippen LogP contribution in [-0.4, -0.2) is 0 Å². The first kappa shape index (κ1) is 8.80. The van der Waals surface area contributed by atoms with Crippen molar-refractivity contribution in [3.8, 4) is 0 Å². The highest BCUT2D eigenvalue weighted by Gasteiger charge is 2.17. The van der Waals surface area contributed by atoms with Crippen LogP contribution in [0.2, 0.25) is 0 Å². The highest BCUT2D eigenvalue weighted by Crippen LogP contribution is 2.31. The van der Waals surface area contributed by atoms with E-state index >= 15 is 0 Å². The lowest BCUT2D eigenvalue weighted by Gasteiger charge is -2.13. The van der Waals surface area contributed by atoms with E-state index < -0.39 is 0 Å². The van der Waals surface area contributed by atoms with Crippen LogP contribution in [0.3, 0.4) is 0 Å². The highest BCUT2D eigenvalue weighted by atomic mass is 14.2. The van der Waals surface area contributed by atoms with Crippen molar-refractivity contribution in [2.24, 2.45) is 0 Å². The van der Waals surface area contributed by atoms with Gasteiger partial charge in [0.15, 0.2) is 0 Å². The molecule has 0 bridgehead atoms. The lowest BCUT2D eigenvalue weighted by Crippen LogP contribution is -1.97. The number of fused-ring (bicyclic) bond motifs is 1. The monoisotopic (exact) mass is 174 g/mol. The summed E-state index contributed by atoms with van der Waals surface area (Å²) in [7, 11) is 0. The topological polar surface area (TPSA) is 0 Å². The standard InChI is InChI=1S/C13H18/c1-9(2)11-8-7-10(3)12-5-4-6-13(11)12/h7-9H,4-6H2,1-3H3. The predicted molar refractivity (Wildman–Crippen MR) is 57.3 cm³/mol. The third-order valence-electron chi connectivity index (χ3n) is 3.18.